The van der Waals surface area contributed by atoms with Crippen LogP contribution in [0.15, 0.2) is 83.8 Å². The van der Waals surface area contributed by atoms with Crippen molar-refractivity contribution in [2.45, 2.75) is 24.1 Å². The van der Waals surface area contributed by atoms with Crippen LogP contribution in [0.3, 0.4) is 0 Å². The van der Waals surface area contributed by atoms with Crippen molar-refractivity contribution >= 4 is 27.6 Å². The highest BCUT2D eigenvalue weighted by Crippen LogP contribution is 2.13. The van der Waals surface area contributed by atoms with E-state index in [4.69, 9.17) is 27.0 Å². The average Bonchev–Trinajstić information content (AvgIpc) is 2.87. The highest BCUT2D eigenvalue weighted by molar-refractivity contribution is 7.89. The van der Waals surface area contributed by atoms with Crippen LogP contribution in [0.25, 0.3) is 0 Å². The van der Waals surface area contributed by atoms with Crippen LogP contribution in [0.4, 0.5) is 0 Å². The van der Waals surface area contributed by atoms with Crippen LogP contribution < -0.4 is 21.5 Å². The molecule has 1 amide bonds. The highest BCUT2D eigenvalue weighted by atomic mass is 32.2. The summed E-state index contributed by atoms with van der Waals surface area (Å²) in [5.41, 5.74) is 13.4. The number of hydrogen-bond acceptors (Lipinski definition) is 6. The predicted molar refractivity (Wildman–Crippen MR) is 137 cm³/mol. The molecule has 0 saturated heterocycles. The van der Waals surface area contributed by atoms with Gasteiger partial charge >= 0.3 is 0 Å². The molecule has 0 aliphatic carbocycles. The van der Waals surface area contributed by atoms with Gasteiger partial charge in [-0.15, -0.1) is 0 Å². The van der Waals surface area contributed by atoms with Gasteiger partial charge in [0.2, 0.25) is 15.9 Å². The Morgan fingerprint density at radius 3 is 2.17 bits per heavy atom. The molecule has 0 unspecified atom stereocenters. The van der Waals surface area contributed by atoms with Crippen molar-refractivity contribution in [2.75, 3.05) is 6.61 Å². The molecule has 8 N–H and O–H groups in total. The first kappa shape index (κ1) is 26.5. The quantitative estimate of drug-likeness (QED) is 0.159. The largest absolute Gasteiger partial charge is 0.384 e. The first-order valence-corrected chi connectivity index (χ1v) is 12.4. The Hall–Kier alpha value is -4.06. The fourth-order valence-electron chi connectivity index (χ4n) is 3.23. The Balaban J connectivity index is 1.73. The molecule has 0 fully saturated rings. The number of sulfonamides is 1. The summed E-state index contributed by atoms with van der Waals surface area (Å²) in [5, 5.41) is 17.7. The smallest absolute Gasteiger partial charge is 0.241 e. The number of benzene rings is 3. The van der Waals surface area contributed by atoms with Gasteiger partial charge in [-0.3, -0.25) is 15.6 Å². The van der Waals surface area contributed by atoms with Crippen LogP contribution >= 0.6 is 0 Å². The van der Waals surface area contributed by atoms with Crippen molar-refractivity contribution in [1.82, 2.24) is 10.0 Å². The number of carbonyl (C=O) groups excluding carboxylic acids is 1. The minimum atomic E-state index is -4.13. The Bertz CT molecular complexity index is 1330. The number of nitrogens with two attached hydrogens (primary N) is 2. The van der Waals surface area contributed by atoms with Gasteiger partial charge in [0.05, 0.1) is 18.1 Å². The summed E-state index contributed by atoms with van der Waals surface area (Å²) in [4.78, 5) is 12.9. The van der Waals surface area contributed by atoms with Gasteiger partial charge in [0.1, 0.15) is 17.7 Å². The summed E-state index contributed by atoms with van der Waals surface area (Å²) in [6, 6.07) is 20.4. The van der Waals surface area contributed by atoms with E-state index in [1.807, 2.05) is 30.3 Å². The van der Waals surface area contributed by atoms with Crippen molar-refractivity contribution in [1.29, 1.82) is 10.8 Å². The van der Waals surface area contributed by atoms with E-state index >= 15 is 0 Å². The van der Waals surface area contributed by atoms with Gasteiger partial charge in [0.25, 0.3) is 0 Å². The fraction of sp³-hybridized carbons (Fsp3) is 0.160. The maximum Gasteiger partial charge on any atom is 0.241 e. The lowest BCUT2D eigenvalue weighted by Crippen LogP contribution is -2.49. The standard InChI is InChI=1S/C25H28N6O4S/c26-23(27)19-11-9-17(10-12-19)14-30-25(32)22(16-35-15-18-5-2-1-3-6-18)31-36(33,34)21-8-4-7-20(13-21)24(28)29/h1-13,22,31H,14-16H2,(H3,26,27)(H3,28,29)(H,30,32)/t22-/m0/s1. The molecule has 3 aromatic rings. The monoisotopic (exact) mass is 508 g/mol. The van der Waals surface area contributed by atoms with Crippen molar-refractivity contribution < 1.29 is 17.9 Å². The highest BCUT2D eigenvalue weighted by Gasteiger charge is 2.26. The van der Waals surface area contributed by atoms with E-state index in [2.05, 4.69) is 10.0 Å². The molecular weight excluding hydrogens is 480 g/mol. The maximum absolute atomic E-state index is 13.0. The van der Waals surface area contributed by atoms with Crippen molar-refractivity contribution in [3.63, 3.8) is 0 Å². The summed E-state index contributed by atoms with van der Waals surface area (Å²) >= 11 is 0. The van der Waals surface area contributed by atoms with Crippen molar-refractivity contribution in [3.8, 4) is 0 Å². The van der Waals surface area contributed by atoms with E-state index in [1.54, 1.807) is 24.3 Å². The molecule has 1 atom stereocenters. The van der Waals surface area contributed by atoms with Crippen LogP contribution in [0.1, 0.15) is 22.3 Å². The maximum atomic E-state index is 13.0. The topological polar surface area (TPSA) is 184 Å². The molecule has 0 radical (unpaired) electrons. The van der Waals surface area contributed by atoms with Gasteiger partial charge in [-0.2, -0.15) is 4.72 Å². The summed E-state index contributed by atoms with van der Waals surface area (Å²) in [6.07, 6.45) is 0. The lowest BCUT2D eigenvalue weighted by Gasteiger charge is -2.19. The molecule has 0 saturated carbocycles. The second kappa shape index (κ2) is 12.1. The Labute approximate surface area is 209 Å². The SMILES string of the molecule is N=C(N)c1ccc(CNC(=O)[C@H](COCc2ccccc2)NS(=O)(=O)c2cccc(C(=N)N)c2)cc1. The number of amidine groups is 2. The van der Waals surface area contributed by atoms with Gasteiger partial charge in [-0.25, -0.2) is 8.42 Å². The molecule has 36 heavy (non-hydrogen) atoms. The average molecular weight is 509 g/mol. The molecule has 3 rings (SSSR count). The molecule has 0 heterocycles. The number of nitrogens with one attached hydrogen (secondary N) is 4. The molecule has 10 nitrogen and oxygen atoms in total. The van der Waals surface area contributed by atoms with E-state index in [0.717, 1.165) is 11.1 Å². The normalized spacial score (nSPS) is 12.0. The third-order valence-electron chi connectivity index (χ3n) is 5.20. The zero-order valence-electron chi connectivity index (χ0n) is 19.4. The number of hydrogen-bond donors (Lipinski definition) is 6. The van der Waals surface area contributed by atoms with Gasteiger partial charge in [-0.1, -0.05) is 66.7 Å². The van der Waals surface area contributed by atoms with Gasteiger partial charge in [0, 0.05) is 17.7 Å². The van der Waals surface area contributed by atoms with E-state index in [1.165, 1.54) is 24.3 Å². The zero-order valence-corrected chi connectivity index (χ0v) is 20.2. The molecule has 188 valence electrons. The number of amides is 1. The van der Waals surface area contributed by atoms with E-state index < -0.39 is 22.0 Å². The second-order valence-electron chi connectivity index (χ2n) is 7.94. The molecule has 3 aromatic carbocycles. The Morgan fingerprint density at radius 2 is 1.53 bits per heavy atom. The van der Waals surface area contributed by atoms with Crippen LogP contribution in [-0.4, -0.2) is 38.6 Å². The fourth-order valence-corrected chi connectivity index (χ4v) is 4.46. The first-order chi connectivity index (χ1) is 17.2. The lowest BCUT2D eigenvalue weighted by molar-refractivity contribution is -0.124. The number of carbonyl (C=O) groups is 1. The number of ether oxygens (including phenoxy) is 1. The molecular formula is C25H28N6O4S. The minimum Gasteiger partial charge on any atom is -0.384 e. The Kier molecular flexibility index (Phi) is 8.90. The van der Waals surface area contributed by atoms with Crippen molar-refractivity contribution in [3.05, 3.63) is 101 Å². The van der Waals surface area contributed by atoms with Crippen LogP contribution in [0.2, 0.25) is 0 Å². The first-order valence-electron chi connectivity index (χ1n) is 11.0. The van der Waals surface area contributed by atoms with E-state index in [9.17, 15) is 13.2 Å². The predicted octanol–water partition coefficient (Wildman–Crippen LogP) is 1.43. The van der Waals surface area contributed by atoms with E-state index in [0.29, 0.717) is 5.56 Å². The lowest BCUT2D eigenvalue weighted by atomic mass is 10.1. The van der Waals surface area contributed by atoms with E-state index in [-0.39, 0.29) is 41.9 Å². The second-order valence-corrected chi connectivity index (χ2v) is 9.66. The van der Waals surface area contributed by atoms with Gasteiger partial charge in [-0.05, 0) is 23.3 Å². The van der Waals surface area contributed by atoms with Crippen LogP contribution in [0.5, 0.6) is 0 Å². The molecule has 0 bridgehead atoms. The molecule has 0 aliphatic heterocycles. The molecule has 11 heteroatoms. The minimum absolute atomic E-state index is 0.0653. The zero-order chi connectivity index (χ0) is 26.1. The van der Waals surface area contributed by atoms with Crippen molar-refractivity contribution in [2.24, 2.45) is 11.5 Å². The third-order valence-corrected chi connectivity index (χ3v) is 6.67. The number of rotatable bonds is 12. The summed E-state index contributed by atoms with van der Waals surface area (Å²) < 4.78 is 34.1. The number of nitrogen functional groups attached to an aromatic ring is 2. The molecule has 0 spiro atoms. The van der Waals surface area contributed by atoms with Crippen LogP contribution in [0, 0.1) is 10.8 Å². The van der Waals surface area contributed by atoms with Gasteiger partial charge < -0.3 is 21.5 Å². The Morgan fingerprint density at radius 1 is 0.861 bits per heavy atom. The van der Waals surface area contributed by atoms with Crippen LogP contribution in [-0.2, 0) is 32.7 Å². The van der Waals surface area contributed by atoms with Gasteiger partial charge in [0.15, 0.2) is 0 Å². The third kappa shape index (κ3) is 7.47. The summed E-state index contributed by atoms with van der Waals surface area (Å²) in [7, 11) is -4.13. The summed E-state index contributed by atoms with van der Waals surface area (Å²) in [6.45, 7) is 0.113. The molecule has 0 aliphatic rings. The molecule has 0 aromatic heterocycles. The summed E-state index contributed by atoms with van der Waals surface area (Å²) in [5.74, 6) is -0.919.